The van der Waals surface area contributed by atoms with E-state index in [1.54, 1.807) is 0 Å². The molecule has 0 aromatic heterocycles. The van der Waals surface area contributed by atoms with Gasteiger partial charge in [-0.1, -0.05) is 12.1 Å². The molecule has 3 rings (SSSR count). The van der Waals surface area contributed by atoms with Crippen molar-refractivity contribution in [2.75, 3.05) is 11.9 Å². The van der Waals surface area contributed by atoms with Gasteiger partial charge in [0.25, 0.3) is 5.91 Å². The summed E-state index contributed by atoms with van der Waals surface area (Å²) in [5.74, 6) is 0.763. The first-order valence-electron chi connectivity index (χ1n) is 7.03. The Hall–Kier alpha value is -1.71. The van der Waals surface area contributed by atoms with Crippen LogP contribution in [0.3, 0.4) is 0 Å². The molecule has 1 heterocycles. The smallest absolute Gasteiger partial charge is 0.258 e. The fraction of sp³-hybridized carbons (Fsp3) is 0.533. The van der Waals surface area contributed by atoms with Crippen molar-refractivity contribution in [2.24, 2.45) is 0 Å². The molecule has 1 saturated carbocycles. The van der Waals surface area contributed by atoms with Crippen molar-refractivity contribution in [3.63, 3.8) is 0 Å². The summed E-state index contributed by atoms with van der Waals surface area (Å²) >= 11 is 0. The third-order valence-electron chi connectivity index (χ3n) is 3.65. The standard InChI is InChI=1S/C15H20N2O2/c1-10-5-6-11-3-2-4-13(15(11)16-10)19-9-14(18)17-12-7-8-12/h2-4,10,12,16H,5-9H2,1H3,(H,17,18). The van der Waals surface area contributed by atoms with Crippen LogP contribution in [0.1, 0.15) is 31.7 Å². The van der Waals surface area contributed by atoms with E-state index >= 15 is 0 Å². The Bertz CT molecular complexity index is 483. The van der Waals surface area contributed by atoms with Crippen LogP contribution >= 0.6 is 0 Å². The van der Waals surface area contributed by atoms with E-state index in [-0.39, 0.29) is 12.5 Å². The first-order valence-corrected chi connectivity index (χ1v) is 7.03. The van der Waals surface area contributed by atoms with E-state index in [1.165, 1.54) is 5.56 Å². The largest absolute Gasteiger partial charge is 0.482 e. The van der Waals surface area contributed by atoms with Gasteiger partial charge in [-0.05, 0) is 44.2 Å². The van der Waals surface area contributed by atoms with Crippen molar-refractivity contribution in [3.05, 3.63) is 23.8 Å². The summed E-state index contributed by atoms with van der Waals surface area (Å²) in [5.41, 5.74) is 2.33. The third-order valence-corrected chi connectivity index (χ3v) is 3.65. The zero-order valence-corrected chi connectivity index (χ0v) is 11.2. The van der Waals surface area contributed by atoms with E-state index < -0.39 is 0 Å². The van der Waals surface area contributed by atoms with Gasteiger partial charge in [-0.15, -0.1) is 0 Å². The Labute approximate surface area is 113 Å². The summed E-state index contributed by atoms with van der Waals surface area (Å²) in [6.45, 7) is 2.27. The molecule has 1 unspecified atom stereocenters. The van der Waals surface area contributed by atoms with E-state index in [9.17, 15) is 4.79 Å². The highest BCUT2D eigenvalue weighted by Gasteiger charge is 2.24. The van der Waals surface area contributed by atoms with Crippen molar-refractivity contribution in [3.8, 4) is 5.75 Å². The predicted molar refractivity (Wildman–Crippen MR) is 74.5 cm³/mol. The number of para-hydroxylation sites is 1. The number of anilines is 1. The molecule has 2 aliphatic rings. The van der Waals surface area contributed by atoms with Crippen LogP contribution in [0.15, 0.2) is 18.2 Å². The fourth-order valence-corrected chi connectivity index (χ4v) is 2.40. The number of hydrogen-bond acceptors (Lipinski definition) is 3. The van der Waals surface area contributed by atoms with Crippen molar-refractivity contribution >= 4 is 11.6 Å². The van der Waals surface area contributed by atoms with Crippen LogP contribution in [-0.2, 0) is 11.2 Å². The highest BCUT2D eigenvalue weighted by Crippen LogP contribution is 2.33. The maximum absolute atomic E-state index is 11.6. The van der Waals surface area contributed by atoms with Crippen molar-refractivity contribution < 1.29 is 9.53 Å². The van der Waals surface area contributed by atoms with Gasteiger partial charge in [0.05, 0.1) is 5.69 Å². The normalized spacial score (nSPS) is 21.2. The van der Waals surface area contributed by atoms with E-state index in [2.05, 4.69) is 23.6 Å². The second-order valence-electron chi connectivity index (χ2n) is 5.50. The Balaban J connectivity index is 1.65. The number of nitrogens with one attached hydrogen (secondary N) is 2. The molecule has 1 amide bonds. The van der Waals surface area contributed by atoms with Crippen molar-refractivity contribution in [1.29, 1.82) is 0 Å². The van der Waals surface area contributed by atoms with E-state index in [1.807, 2.05) is 12.1 Å². The van der Waals surface area contributed by atoms with Gasteiger partial charge in [0.1, 0.15) is 5.75 Å². The number of rotatable bonds is 4. The zero-order valence-electron chi connectivity index (χ0n) is 11.2. The maximum Gasteiger partial charge on any atom is 0.258 e. The van der Waals surface area contributed by atoms with E-state index in [4.69, 9.17) is 4.74 Å². The number of ether oxygens (including phenoxy) is 1. The molecule has 0 bridgehead atoms. The molecule has 0 saturated heterocycles. The van der Waals surface area contributed by atoms with Gasteiger partial charge in [0.15, 0.2) is 6.61 Å². The summed E-state index contributed by atoms with van der Waals surface area (Å²) in [6, 6.07) is 6.88. The van der Waals surface area contributed by atoms with Crippen LogP contribution in [0.5, 0.6) is 5.75 Å². The number of benzene rings is 1. The highest BCUT2D eigenvalue weighted by atomic mass is 16.5. The minimum atomic E-state index is -0.0241. The molecule has 1 aromatic carbocycles. The minimum absolute atomic E-state index is 0.0241. The number of carbonyl (C=O) groups excluding carboxylic acids is 1. The van der Waals surface area contributed by atoms with Gasteiger partial charge in [-0.3, -0.25) is 4.79 Å². The van der Waals surface area contributed by atoms with Crippen LogP contribution in [0.4, 0.5) is 5.69 Å². The number of hydrogen-bond donors (Lipinski definition) is 2. The lowest BCUT2D eigenvalue weighted by Crippen LogP contribution is -2.31. The molecule has 4 nitrogen and oxygen atoms in total. The summed E-state index contributed by atoms with van der Waals surface area (Å²) < 4.78 is 5.67. The Kier molecular flexibility index (Phi) is 3.32. The second kappa shape index (κ2) is 5.11. The van der Waals surface area contributed by atoms with Crippen LogP contribution < -0.4 is 15.4 Å². The van der Waals surface area contributed by atoms with Crippen LogP contribution in [0, 0.1) is 0 Å². The molecule has 4 heteroatoms. The van der Waals surface area contributed by atoms with Crippen molar-refractivity contribution in [1.82, 2.24) is 5.32 Å². The average molecular weight is 260 g/mol. The molecule has 2 N–H and O–H groups in total. The van der Waals surface area contributed by atoms with Gasteiger partial charge in [-0.25, -0.2) is 0 Å². The lowest BCUT2D eigenvalue weighted by atomic mass is 9.98. The van der Waals surface area contributed by atoms with Gasteiger partial charge in [0.2, 0.25) is 0 Å². The Morgan fingerprint density at radius 1 is 1.42 bits per heavy atom. The quantitative estimate of drug-likeness (QED) is 0.871. The molecule has 1 aliphatic heterocycles. The molecule has 19 heavy (non-hydrogen) atoms. The van der Waals surface area contributed by atoms with Crippen LogP contribution in [0.25, 0.3) is 0 Å². The number of aryl methyl sites for hydroxylation is 1. The number of carbonyl (C=O) groups is 1. The first kappa shape index (κ1) is 12.3. The lowest BCUT2D eigenvalue weighted by Gasteiger charge is -2.26. The van der Waals surface area contributed by atoms with Crippen LogP contribution in [-0.4, -0.2) is 24.6 Å². The zero-order chi connectivity index (χ0) is 13.2. The Morgan fingerprint density at radius 3 is 3.05 bits per heavy atom. The highest BCUT2D eigenvalue weighted by molar-refractivity contribution is 5.78. The molecule has 1 aliphatic carbocycles. The summed E-state index contributed by atoms with van der Waals surface area (Å²) in [5, 5.41) is 6.38. The molecular formula is C15H20N2O2. The molecule has 1 atom stereocenters. The van der Waals surface area contributed by atoms with E-state index in [0.717, 1.165) is 37.1 Å². The first-order chi connectivity index (χ1) is 9.22. The summed E-state index contributed by atoms with van der Waals surface area (Å²) in [7, 11) is 0. The SMILES string of the molecule is CC1CCc2cccc(OCC(=O)NC3CC3)c2N1. The van der Waals surface area contributed by atoms with E-state index in [0.29, 0.717) is 12.1 Å². The van der Waals surface area contributed by atoms with Gasteiger partial charge in [-0.2, -0.15) is 0 Å². The van der Waals surface area contributed by atoms with Crippen molar-refractivity contribution in [2.45, 2.75) is 44.7 Å². The topological polar surface area (TPSA) is 50.4 Å². The van der Waals surface area contributed by atoms with Gasteiger partial charge >= 0.3 is 0 Å². The average Bonchev–Trinajstić information content (AvgIpc) is 3.20. The summed E-state index contributed by atoms with van der Waals surface area (Å²) in [6.07, 6.45) is 4.41. The molecule has 1 fully saturated rings. The Morgan fingerprint density at radius 2 is 2.26 bits per heavy atom. The maximum atomic E-state index is 11.6. The molecule has 0 radical (unpaired) electrons. The molecular weight excluding hydrogens is 240 g/mol. The third kappa shape index (κ3) is 3.00. The number of fused-ring (bicyclic) bond motifs is 1. The molecule has 102 valence electrons. The lowest BCUT2D eigenvalue weighted by molar-refractivity contribution is -0.123. The second-order valence-corrected chi connectivity index (χ2v) is 5.50. The molecule has 1 aromatic rings. The fourth-order valence-electron chi connectivity index (χ4n) is 2.40. The van der Waals surface area contributed by atoms with Gasteiger partial charge < -0.3 is 15.4 Å². The number of amides is 1. The van der Waals surface area contributed by atoms with Crippen LogP contribution in [0.2, 0.25) is 0 Å². The predicted octanol–water partition coefficient (Wildman–Crippen LogP) is 2.09. The monoisotopic (exact) mass is 260 g/mol. The summed E-state index contributed by atoms with van der Waals surface area (Å²) in [4.78, 5) is 11.6. The minimum Gasteiger partial charge on any atom is -0.482 e. The molecule has 0 spiro atoms. The van der Waals surface area contributed by atoms with Gasteiger partial charge in [0, 0.05) is 12.1 Å².